The van der Waals surface area contributed by atoms with Gasteiger partial charge < -0.3 is 23.2 Å². The third kappa shape index (κ3) is 8.75. The maximum Gasteiger partial charge on any atom is 0.318 e. The number of hydrogen-bond acceptors (Lipinski definition) is 7. The van der Waals surface area contributed by atoms with E-state index in [9.17, 15) is 14.2 Å². The first-order valence-corrected chi connectivity index (χ1v) is 10.1. The van der Waals surface area contributed by atoms with Crippen LogP contribution in [0.4, 0.5) is 0 Å². The first-order valence-electron chi connectivity index (χ1n) is 7.27. The summed E-state index contributed by atoms with van der Waals surface area (Å²) in [5, 5.41) is 11.3. The Morgan fingerprint density at radius 2 is 1.54 bits per heavy atom. The van der Waals surface area contributed by atoms with Crippen LogP contribution in [0.1, 0.15) is 18.4 Å². The molecular weight excluding hydrogens is 378 g/mol. The largest absolute Gasteiger partial charge is 0.385 e. The van der Waals surface area contributed by atoms with Crippen molar-refractivity contribution >= 4 is 28.1 Å². The Kier molecular flexibility index (Phi) is 10.4. The Morgan fingerprint density at radius 1 is 1.04 bits per heavy atom. The number of hydrogen-bond donors (Lipinski definition) is 1. The SMILES string of the molecule is CO[PH](=O)OCC(O)(CCCc1ccc(Cl)cc1)CO[PH](=O)OC. The van der Waals surface area contributed by atoms with Crippen LogP contribution in [0.5, 0.6) is 0 Å². The molecule has 0 amide bonds. The maximum atomic E-state index is 11.3. The van der Waals surface area contributed by atoms with Crippen molar-refractivity contribution in [2.24, 2.45) is 0 Å². The van der Waals surface area contributed by atoms with E-state index in [1.807, 2.05) is 12.1 Å². The molecular formula is C14H23ClO7P2. The van der Waals surface area contributed by atoms with Crippen LogP contribution in [0, 0.1) is 0 Å². The third-order valence-corrected chi connectivity index (χ3v) is 4.95. The molecule has 1 aromatic rings. The first kappa shape index (κ1) is 21.8. The van der Waals surface area contributed by atoms with Gasteiger partial charge in [-0.2, -0.15) is 0 Å². The van der Waals surface area contributed by atoms with Gasteiger partial charge in [-0.1, -0.05) is 23.7 Å². The lowest BCUT2D eigenvalue weighted by atomic mass is 9.97. The zero-order chi connectivity index (χ0) is 18.0. The number of aliphatic hydroxyl groups is 1. The van der Waals surface area contributed by atoms with Gasteiger partial charge in [-0.3, -0.25) is 9.13 Å². The molecule has 138 valence electrons. The summed E-state index contributed by atoms with van der Waals surface area (Å²) in [4.78, 5) is 0. The summed E-state index contributed by atoms with van der Waals surface area (Å²) in [5.41, 5.74) is -0.371. The van der Waals surface area contributed by atoms with Gasteiger partial charge in [0.15, 0.2) is 0 Å². The Labute approximate surface area is 148 Å². The van der Waals surface area contributed by atoms with Crippen molar-refractivity contribution in [3.63, 3.8) is 0 Å². The fraction of sp³-hybridized carbons (Fsp3) is 0.571. The van der Waals surface area contributed by atoms with E-state index in [-0.39, 0.29) is 13.2 Å². The molecule has 0 aliphatic heterocycles. The van der Waals surface area contributed by atoms with Gasteiger partial charge in [0.25, 0.3) is 0 Å². The second-order valence-electron chi connectivity index (χ2n) is 5.19. The number of halogens is 1. The molecule has 10 heteroatoms. The average molecular weight is 401 g/mol. The standard InChI is InChI=1S/C14H23ClO7P2/c1-19-23(17)21-10-14(16,11-22-24(18)20-2)9-3-4-12-5-7-13(15)8-6-12/h5-8,16,23-24H,3-4,9-11H2,1-2H3. The van der Waals surface area contributed by atoms with Gasteiger partial charge in [0.05, 0.1) is 13.2 Å². The molecule has 1 N–H and O–H groups in total. The molecule has 0 saturated carbocycles. The van der Waals surface area contributed by atoms with Crippen molar-refractivity contribution in [1.82, 2.24) is 0 Å². The van der Waals surface area contributed by atoms with E-state index in [4.69, 9.17) is 20.6 Å². The van der Waals surface area contributed by atoms with Gasteiger partial charge >= 0.3 is 16.5 Å². The number of benzene rings is 1. The molecule has 0 aliphatic rings. The highest BCUT2D eigenvalue weighted by molar-refractivity contribution is 7.33. The van der Waals surface area contributed by atoms with Crippen LogP contribution in [0.15, 0.2) is 24.3 Å². The van der Waals surface area contributed by atoms with Crippen LogP contribution >= 0.6 is 28.1 Å². The van der Waals surface area contributed by atoms with E-state index in [1.54, 1.807) is 12.1 Å². The number of rotatable bonds is 12. The van der Waals surface area contributed by atoms with Gasteiger partial charge in [-0.15, -0.1) is 0 Å². The highest BCUT2D eigenvalue weighted by Gasteiger charge is 2.29. The monoisotopic (exact) mass is 400 g/mol. The summed E-state index contributed by atoms with van der Waals surface area (Å²) in [6, 6.07) is 7.40. The Bertz CT molecular complexity index is 518. The molecule has 1 rings (SSSR count). The molecule has 2 atom stereocenters. The van der Waals surface area contributed by atoms with E-state index in [2.05, 4.69) is 9.05 Å². The molecule has 0 aliphatic carbocycles. The highest BCUT2D eigenvalue weighted by Crippen LogP contribution is 2.30. The minimum atomic E-state index is -2.67. The zero-order valence-corrected chi connectivity index (χ0v) is 16.4. The van der Waals surface area contributed by atoms with Crippen LogP contribution in [-0.2, 0) is 33.6 Å². The van der Waals surface area contributed by atoms with E-state index in [0.717, 1.165) is 5.56 Å². The minimum Gasteiger partial charge on any atom is -0.385 e. The molecule has 0 radical (unpaired) electrons. The van der Waals surface area contributed by atoms with Gasteiger partial charge in [-0.05, 0) is 37.0 Å². The lowest BCUT2D eigenvalue weighted by molar-refractivity contribution is -0.0487. The predicted octanol–water partition coefficient (Wildman–Crippen LogP) is 3.50. The van der Waals surface area contributed by atoms with Crippen LogP contribution in [0.25, 0.3) is 0 Å². The lowest BCUT2D eigenvalue weighted by Gasteiger charge is -2.27. The zero-order valence-electron chi connectivity index (χ0n) is 13.6. The smallest absolute Gasteiger partial charge is 0.318 e. The molecule has 1 aromatic carbocycles. The van der Waals surface area contributed by atoms with E-state index in [1.165, 1.54) is 14.2 Å². The highest BCUT2D eigenvalue weighted by atomic mass is 35.5. The van der Waals surface area contributed by atoms with Crippen LogP contribution < -0.4 is 0 Å². The van der Waals surface area contributed by atoms with Gasteiger partial charge in [0, 0.05) is 19.2 Å². The molecule has 0 heterocycles. The lowest BCUT2D eigenvalue weighted by Crippen LogP contribution is -2.38. The van der Waals surface area contributed by atoms with Gasteiger partial charge in [0.2, 0.25) is 0 Å². The second kappa shape index (κ2) is 11.4. The van der Waals surface area contributed by atoms with Crippen LogP contribution in [0.3, 0.4) is 0 Å². The molecule has 0 aromatic heterocycles. The molecule has 0 spiro atoms. The summed E-state index contributed by atoms with van der Waals surface area (Å²) < 4.78 is 41.6. The van der Waals surface area contributed by atoms with Crippen molar-refractivity contribution in [3.8, 4) is 0 Å². The fourth-order valence-electron chi connectivity index (χ4n) is 1.96. The summed E-state index contributed by atoms with van der Waals surface area (Å²) >= 11 is 5.84. The first-order chi connectivity index (χ1) is 11.4. The fourth-order valence-corrected chi connectivity index (χ4v) is 3.10. The quantitative estimate of drug-likeness (QED) is 0.537. The van der Waals surface area contributed by atoms with Crippen LogP contribution in [0.2, 0.25) is 5.02 Å². The third-order valence-electron chi connectivity index (χ3n) is 3.27. The van der Waals surface area contributed by atoms with Gasteiger partial charge in [-0.25, -0.2) is 0 Å². The van der Waals surface area contributed by atoms with Crippen molar-refractivity contribution in [3.05, 3.63) is 34.9 Å². The summed E-state index contributed by atoms with van der Waals surface area (Å²) in [7, 11) is -2.83. The number of aryl methyl sites for hydroxylation is 1. The summed E-state index contributed by atoms with van der Waals surface area (Å²) in [5.74, 6) is 0. The topological polar surface area (TPSA) is 91.3 Å². The van der Waals surface area contributed by atoms with Crippen molar-refractivity contribution in [2.75, 3.05) is 27.4 Å². The van der Waals surface area contributed by atoms with Crippen molar-refractivity contribution < 1.29 is 32.3 Å². The van der Waals surface area contributed by atoms with Gasteiger partial charge in [0.1, 0.15) is 5.60 Å². The summed E-state index contributed by atoms with van der Waals surface area (Å²) in [6.45, 7) is -0.504. The molecule has 2 unspecified atom stereocenters. The maximum absolute atomic E-state index is 11.3. The normalized spacial score (nSPS) is 16.5. The van der Waals surface area contributed by atoms with E-state index >= 15 is 0 Å². The van der Waals surface area contributed by atoms with E-state index in [0.29, 0.717) is 24.3 Å². The molecule has 7 nitrogen and oxygen atoms in total. The van der Waals surface area contributed by atoms with E-state index < -0.39 is 22.1 Å². The molecule has 0 fully saturated rings. The van der Waals surface area contributed by atoms with Crippen molar-refractivity contribution in [2.45, 2.75) is 24.9 Å². The predicted molar refractivity (Wildman–Crippen MR) is 93.3 cm³/mol. The summed E-state index contributed by atoms with van der Waals surface area (Å²) in [6.07, 6.45) is 1.62. The Morgan fingerprint density at radius 3 is 2.00 bits per heavy atom. The molecule has 24 heavy (non-hydrogen) atoms. The molecule has 0 bridgehead atoms. The second-order valence-corrected chi connectivity index (χ2v) is 8.02. The molecule has 0 saturated heterocycles. The van der Waals surface area contributed by atoms with Crippen LogP contribution in [-0.4, -0.2) is 38.1 Å². The minimum absolute atomic E-state index is 0.252. The average Bonchev–Trinajstić information content (AvgIpc) is 2.59. The Balaban J connectivity index is 2.56. The Hall–Kier alpha value is -0.230. The van der Waals surface area contributed by atoms with Crippen molar-refractivity contribution in [1.29, 1.82) is 0 Å².